The third-order valence-electron chi connectivity index (χ3n) is 3.57. The molecule has 25 heavy (non-hydrogen) atoms. The van der Waals surface area contributed by atoms with Crippen molar-refractivity contribution >= 4 is 17.3 Å². The zero-order chi connectivity index (χ0) is 17.9. The Morgan fingerprint density at radius 2 is 2.00 bits per heavy atom. The molecule has 1 aromatic heterocycles. The van der Waals surface area contributed by atoms with Gasteiger partial charge in [0.25, 0.3) is 0 Å². The monoisotopic (exact) mass is 360 g/mol. The fourth-order valence-electron chi connectivity index (χ4n) is 2.20. The molecule has 0 bridgehead atoms. The first-order valence-electron chi connectivity index (χ1n) is 8.86. The number of hydrogen-bond donors (Lipinski definition) is 2. The van der Waals surface area contributed by atoms with Crippen molar-refractivity contribution in [2.24, 2.45) is 4.99 Å². The molecule has 0 unspecified atom stereocenters. The van der Waals surface area contributed by atoms with Crippen molar-refractivity contribution in [3.63, 3.8) is 0 Å². The normalized spacial score (nSPS) is 11.4. The van der Waals surface area contributed by atoms with Gasteiger partial charge in [-0.3, -0.25) is 4.99 Å². The summed E-state index contributed by atoms with van der Waals surface area (Å²) >= 11 is 1.78. The average molecular weight is 361 g/mol. The van der Waals surface area contributed by atoms with Crippen molar-refractivity contribution in [1.82, 2.24) is 15.6 Å². The smallest absolute Gasteiger partial charge is 0.191 e. The van der Waals surface area contributed by atoms with Crippen LogP contribution in [0.1, 0.15) is 29.3 Å². The summed E-state index contributed by atoms with van der Waals surface area (Å²) in [5, 5.41) is 7.71. The first-order valence-corrected chi connectivity index (χ1v) is 9.68. The third-order valence-corrected chi connectivity index (χ3v) is 4.78. The fourth-order valence-corrected chi connectivity index (χ4v) is 3.06. The van der Waals surface area contributed by atoms with Crippen molar-refractivity contribution in [3.8, 4) is 5.75 Å². The Morgan fingerprint density at radius 1 is 1.20 bits per heavy atom. The topological polar surface area (TPSA) is 58.5 Å². The van der Waals surface area contributed by atoms with E-state index in [0.717, 1.165) is 42.6 Å². The fraction of sp³-hybridized carbons (Fsp3) is 0.474. The number of aromatic nitrogens is 1. The number of aryl methyl sites for hydroxylation is 2. The molecule has 1 aromatic carbocycles. The van der Waals surface area contributed by atoms with Gasteiger partial charge in [0.1, 0.15) is 12.4 Å². The summed E-state index contributed by atoms with van der Waals surface area (Å²) in [6.45, 7) is 9.15. The van der Waals surface area contributed by atoms with Crippen LogP contribution < -0.4 is 15.4 Å². The van der Waals surface area contributed by atoms with Gasteiger partial charge < -0.3 is 15.4 Å². The molecule has 2 N–H and O–H groups in total. The van der Waals surface area contributed by atoms with Gasteiger partial charge in [0.15, 0.2) is 5.96 Å². The number of benzene rings is 1. The number of thiazole rings is 1. The van der Waals surface area contributed by atoms with Crippen LogP contribution >= 0.6 is 11.3 Å². The van der Waals surface area contributed by atoms with Gasteiger partial charge >= 0.3 is 0 Å². The molecule has 0 spiro atoms. The van der Waals surface area contributed by atoms with Crippen molar-refractivity contribution in [1.29, 1.82) is 0 Å². The molecule has 5 nitrogen and oxygen atoms in total. The second-order valence-electron chi connectivity index (χ2n) is 5.67. The number of rotatable bonds is 9. The second-order valence-corrected chi connectivity index (χ2v) is 6.87. The van der Waals surface area contributed by atoms with Crippen LogP contribution in [0.4, 0.5) is 0 Å². The van der Waals surface area contributed by atoms with Gasteiger partial charge in [0.2, 0.25) is 0 Å². The van der Waals surface area contributed by atoms with Crippen LogP contribution in [0.2, 0.25) is 0 Å². The van der Waals surface area contributed by atoms with E-state index in [1.807, 2.05) is 18.3 Å². The van der Waals surface area contributed by atoms with E-state index in [0.29, 0.717) is 13.2 Å². The lowest BCUT2D eigenvalue weighted by Gasteiger charge is -2.12. The van der Waals surface area contributed by atoms with E-state index < -0.39 is 0 Å². The molecule has 0 saturated heterocycles. The summed E-state index contributed by atoms with van der Waals surface area (Å²) < 4.78 is 5.72. The van der Waals surface area contributed by atoms with Gasteiger partial charge in [-0.15, -0.1) is 11.3 Å². The van der Waals surface area contributed by atoms with Crippen molar-refractivity contribution < 1.29 is 4.74 Å². The first-order chi connectivity index (χ1) is 12.2. The SMILES string of the molecule is CCNC(=NCCc1ncc(CC)s1)NCCOc1ccc(C)cc1. The van der Waals surface area contributed by atoms with Gasteiger partial charge in [-0.25, -0.2) is 4.98 Å². The van der Waals surface area contributed by atoms with Crippen molar-refractivity contribution in [2.45, 2.75) is 33.6 Å². The lowest BCUT2D eigenvalue weighted by Crippen LogP contribution is -2.39. The molecule has 0 fully saturated rings. The highest BCUT2D eigenvalue weighted by molar-refractivity contribution is 7.11. The maximum absolute atomic E-state index is 5.72. The Morgan fingerprint density at radius 3 is 2.68 bits per heavy atom. The Labute approximate surface area is 154 Å². The van der Waals surface area contributed by atoms with Gasteiger partial charge in [0.05, 0.1) is 11.6 Å². The number of nitrogens with one attached hydrogen (secondary N) is 2. The Kier molecular flexibility index (Phi) is 8.25. The molecule has 0 radical (unpaired) electrons. The zero-order valence-corrected chi connectivity index (χ0v) is 16.2. The highest BCUT2D eigenvalue weighted by Crippen LogP contribution is 2.13. The van der Waals surface area contributed by atoms with Crippen molar-refractivity contribution in [3.05, 3.63) is 45.9 Å². The maximum Gasteiger partial charge on any atom is 0.191 e. The molecule has 6 heteroatoms. The molecular weight excluding hydrogens is 332 g/mol. The largest absolute Gasteiger partial charge is 0.492 e. The molecule has 0 saturated carbocycles. The number of nitrogens with zero attached hydrogens (tertiary/aromatic N) is 2. The van der Waals surface area contributed by atoms with Crippen LogP contribution in [0.15, 0.2) is 35.5 Å². The Balaban J connectivity index is 1.72. The number of aliphatic imine (C=N–C) groups is 1. The van der Waals surface area contributed by atoms with E-state index in [1.165, 1.54) is 10.4 Å². The third kappa shape index (κ3) is 7.13. The summed E-state index contributed by atoms with van der Waals surface area (Å²) in [6.07, 6.45) is 3.89. The van der Waals surface area contributed by atoms with Crippen molar-refractivity contribution in [2.75, 3.05) is 26.2 Å². The summed E-state index contributed by atoms with van der Waals surface area (Å²) in [4.78, 5) is 10.4. The average Bonchev–Trinajstić information content (AvgIpc) is 3.08. The standard InChI is InChI=1S/C19H28N4OS/c1-4-17-14-23-18(25-17)10-11-21-19(20-5-2)22-12-13-24-16-8-6-15(3)7-9-16/h6-9,14H,4-5,10-13H2,1-3H3,(H2,20,21,22). The predicted molar refractivity (Wildman–Crippen MR) is 106 cm³/mol. The van der Waals surface area contributed by atoms with Crippen LogP contribution in [0, 0.1) is 6.92 Å². The first kappa shape index (κ1) is 19.2. The minimum Gasteiger partial charge on any atom is -0.492 e. The summed E-state index contributed by atoms with van der Waals surface area (Å²) in [6, 6.07) is 8.09. The van der Waals surface area contributed by atoms with Crippen LogP contribution in [-0.2, 0) is 12.8 Å². The van der Waals surface area contributed by atoms with E-state index in [2.05, 4.69) is 53.5 Å². The lowest BCUT2D eigenvalue weighted by molar-refractivity contribution is 0.322. The molecule has 1 heterocycles. The molecule has 2 aromatic rings. The highest BCUT2D eigenvalue weighted by Gasteiger charge is 2.01. The predicted octanol–water partition coefficient (Wildman–Crippen LogP) is 3.19. The van der Waals surface area contributed by atoms with Gasteiger partial charge in [0, 0.05) is 30.6 Å². The Hall–Kier alpha value is -2.08. The van der Waals surface area contributed by atoms with E-state index in [4.69, 9.17) is 4.74 Å². The number of hydrogen-bond acceptors (Lipinski definition) is 4. The Bertz CT molecular complexity index is 652. The molecule has 0 amide bonds. The second kappa shape index (κ2) is 10.7. The van der Waals surface area contributed by atoms with Crippen LogP contribution in [0.25, 0.3) is 0 Å². The van der Waals surface area contributed by atoms with Gasteiger partial charge in [-0.2, -0.15) is 0 Å². The van der Waals surface area contributed by atoms with Gasteiger partial charge in [-0.05, 0) is 32.4 Å². The molecular formula is C19H28N4OS. The minimum atomic E-state index is 0.597. The quantitative estimate of drug-likeness (QED) is 0.410. The van der Waals surface area contributed by atoms with E-state index in [9.17, 15) is 0 Å². The van der Waals surface area contributed by atoms with Gasteiger partial charge in [-0.1, -0.05) is 24.6 Å². The highest BCUT2D eigenvalue weighted by atomic mass is 32.1. The molecule has 0 aliphatic carbocycles. The summed E-state index contributed by atoms with van der Waals surface area (Å²) in [5.41, 5.74) is 1.23. The molecule has 0 aliphatic rings. The summed E-state index contributed by atoms with van der Waals surface area (Å²) in [7, 11) is 0. The van der Waals surface area contributed by atoms with E-state index >= 15 is 0 Å². The minimum absolute atomic E-state index is 0.597. The van der Waals surface area contributed by atoms with Crippen LogP contribution in [-0.4, -0.2) is 37.2 Å². The van der Waals surface area contributed by atoms with E-state index in [1.54, 1.807) is 11.3 Å². The number of ether oxygens (including phenoxy) is 1. The molecule has 0 aliphatic heterocycles. The summed E-state index contributed by atoms with van der Waals surface area (Å²) in [5.74, 6) is 1.71. The maximum atomic E-state index is 5.72. The molecule has 2 rings (SSSR count). The lowest BCUT2D eigenvalue weighted by atomic mass is 10.2. The van der Waals surface area contributed by atoms with Crippen LogP contribution in [0.5, 0.6) is 5.75 Å². The van der Waals surface area contributed by atoms with Crippen LogP contribution in [0.3, 0.4) is 0 Å². The number of guanidine groups is 1. The molecule has 136 valence electrons. The molecule has 0 atom stereocenters. The zero-order valence-electron chi connectivity index (χ0n) is 15.3. The van der Waals surface area contributed by atoms with E-state index in [-0.39, 0.29) is 0 Å².